The molecule has 0 fully saturated rings. The van der Waals surface area contributed by atoms with E-state index in [1.165, 1.54) is 14.1 Å². The van der Waals surface area contributed by atoms with Crippen molar-refractivity contribution in [1.29, 1.82) is 0 Å². The van der Waals surface area contributed by atoms with Crippen molar-refractivity contribution in [2.45, 2.75) is 0 Å². The second-order valence-corrected chi connectivity index (χ2v) is 2.24. The lowest BCUT2D eigenvalue weighted by Gasteiger charge is -1.88. The number of nitrogens with zero attached hydrogens (tertiary/aromatic N) is 4. The molecule has 0 saturated carbocycles. The van der Waals surface area contributed by atoms with E-state index in [1.807, 2.05) is 0 Å². The highest BCUT2D eigenvalue weighted by Gasteiger charge is 1.82. The van der Waals surface area contributed by atoms with Gasteiger partial charge in [-0.2, -0.15) is 9.98 Å². The molecule has 0 amide bonds. The van der Waals surface area contributed by atoms with Gasteiger partial charge in [0.1, 0.15) is 0 Å². The van der Waals surface area contributed by atoms with Crippen molar-refractivity contribution in [2.75, 3.05) is 14.1 Å². The van der Waals surface area contributed by atoms with Crippen LogP contribution in [0.2, 0.25) is 0 Å². The summed E-state index contributed by atoms with van der Waals surface area (Å²) in [6, 6.07) is 0. The third kappa shape index (κ3) is 14.0. The van der Waals surface area contributed by atoms with Gasteiger partial charge in [0.2, 0.25) is 11.9 Å². The molecular formula is C6H18N10. The SMILES string of the molecule is CN=C(N)N=C(N)N.CN=C(N)N=C(N)N. The van der Waals surface area contributed by atoms with Crippen LogP contribution in [0.1, 0.15) is 0 Å². The summed E-state index contributed by atoms with van der Waals surface area (Å²) in [6.45, 7) is 0. The van der Waals surface area contributed by atoms with Gasteiger partial charge in [0.15, 0.2) is 11.9 Å². The van der Waals surface area contributed by atoms with Gasteiger partial charge < -0.3 is 34.4 Å². The number of rotatable bonds is 0. The fourth-order valence-corrected chi connectivity index (χ4v) is 0.365. The van der Waals surface area contributed by atoms with Crippen molar-refractivity contribution in [3.63, 3.8) is 0 Å². The molecule has 0 aliphatic rings. The van der Waals surface area contributed by atoms with E-state index in [0.29, 0.717) is 0 Å². The summed E-state index contributed by atoms with van der Waals surface area (Å²) in [6.07, 6.45) is 0. The zero-order valence-corrected chi connectivity index (χ0v) is 9.25. The van der Waals surface area contributed by atoms with Crippen molar-refractivity contribution in [2.24, 2.45) is 54.4 Å². The highest BCUT2D eigenvalue weighted by atomic mass is 15.1. The Morgan fingerprint density at radius 2 is 0.875 bits per heavy atom. The van der Waals surface area contributed by atoms with Crippen LogP contribution in [0.4, 0.5) is 0 Å². The van der Waals surface area contributed by atoms with E-state index in [0.717, 1.165) is 0 Å². The molecule has 0 aliphatic carbocycles. The van der Waals surface area contributed by atoms with Crippen LogP contribution in [-0.2, 0) is 0 Å². The number of hydrogen-bond donors (Lipinski definition) is 6. The number of aliphatic imine (C=N–C) groups is 4. The van der Waals surface area contributed by atoms with Gasteiger partial charge >= 0.3 is 0 Å². The van der Waals surface area contributed by atoms with E-state index >= 15 is 0 Å². The van der Waals surface area contributed by atoms with Crippen LogP contribution < -0.4 is 34.4 Å². The first-order chi connectivity index (χ1) is 7.33. The average Bonchev–Trinajstić information content (AvgIpc) is 2.16. The molecule has 0 aromatic carbocycles. The summed E-state index contributed by atoms with van der Waals surface area (Å²) in [4.78, 5) is 13.7. The van der Waals surface area contributed by atoms with Crippen LogP contribution in [-0.4, -0.2) is 37.9 Å². The Morgan fingerprint density at radius 3 is 0.938 bits per heavy atom. The normalized spacial score (nSPS) is 10.9. The molecule has 92 valence electrons. The Hall–Kier alpha value is -2.52. The smallest absolute Gasteiger partial charge is 0.218 e. The molecule has 0 rings (SSSR count). The molecule has 0 bridgehead atoms. The predicted octanol–water partition coefficient (Wildman–Crippen LogP) is -3.59. The third-order valence-electron chi connectivity index (χ3n) is 0.945. The van der Waals surface area contributed by atoms with Crippen LogP contribution in [0, 0.1) is 0 Å². The van der Waals surface area contributed by atoms with Gasteiger partial charge in [-0.05, 0) is 0 Å². The number of hydrogen-bond acceptors (Lipinski definition) is 2. The number of nitrogens with two attached hydrogens (primary N) is 6. The van der Waals surface area contributed by atoms with Gasteiger partial charge in [0, 0.05) is 14.1 Å². The summed E-state index contributed by atoms with van der Waals surface area (Å²) >= 11 is 0. The van der Waals surface area contributed by atoms with E-state index < -0.39 is 0 Å². The molecule has 10 heteroatoms. The van der Waals surface area contributed by atoms with Crippen molar-refractivity contribution < 1.29 is 0 Å². The zero-order chi connectivity index (χ0) is 13.1. The van der Waals surface area contributed by atoms with Gasteiger partial charge in [0.05, 0.1) is 0 Å². The molecule has 0 radical (unpaired) electrons. The average molecular weight is 230 g/mol. The molecule has 12 N–H and O–H groups in total. The van der Waals surface area contributed by atoms with Crippen LogP contribution in [0.5, 0.6) is 0 Å². The molecule has 0 aliphatic heterocycles. The van der Waals surface area contributed by atoms with Crippen molar-refractivity contribution in [1.82, 2.24) is 0 Å². The fourth-order valence-electron chi connectivity index (χ4n) is 0.365. The minimum Gasteiger partial charge on any atom is -0.370 e. The van der Waals surface area contributed by atoms with E-state index in [2.05, 4.69) is 20.0 Å². The minimum absolute atomic E-state index is 0.0758. The molecule has 0 heterocycles. The first kappa shape index (κ1) is 15.9. The van der Waals surface area contributed by atoms with E-state index in [9.17, 15) is 0 Å². The number of guanidine groups is 4. The molecule has 0 aromatic heterocycles. The fraction of sp³-hybridized carbons (Fsp3) is 0.333. The van der Waals surface area contributed by atoms with Crippen molar-refractivity contribution >= 4 is 23.8 Å². The summed E-state index contributed by atoms with van der Waals surface area (Å²) in [5.41, 5.74) is 29.9. The lowest BCUT2D eigenvalue weighted by Crippen LogP contribution is -2.26. The lowest BCUT2D eigenvalue weighted by molar-refractivity contribution is 1.33. The molecule has 0 saturated heterocycles. The van der Waals surface area contributed by atoms with Gasteiger partial charge in [-0.3, -0.25) is 9.98 Å². The van der Waals surface area contributed by atoms with Gasteiger partial charge in [0.25, 0.3) is 0 Å². The Balaban J connectivity index is 0. The summed E-state index contributed by atoms with van der Waals surface area (Å²) < 4.78 is 0. The summed E-state index contributed by atoms with van der Waals surface area (Å²) in [5, 5.41) is 0. The van der Waals surface area contributed by atoms with Gasteiger partial charge in [-0.15, -0.1) is 0 Å². The monoisotopic (exact) mass is 230 g/mol. The third-order valence-corrected chi connectivity index (χ3v) is 0.945. The maximum atomic E-state index is 5.08. The second kappa shape index (κ2) is 9.05. The Bertz CT molecular complexity index is 271. The van der Waals surface area contributed by atoms with E-state index in [1.54, 1.807) is 0 Å². The highest BCUT2D eigenvalue weighted by molar-refractivity contribution is 5.92. The summed E-state index contributed by atoms with van der Waals surface area (Å²) in [7, 11) is 3.00. The highest BCUT2D eigenvalue weighted by Crippen LogP contribution is 1.64. The molecule has 0 aromatic rings. The zero-order valence-electron chi connectivity index (χ0n) is 9.25. The minimum atomic E-state index is -0.0758. The Labute approximate surface area is 93.2 Å². The Kier molecular flexibility index (Phi) is 9.01. The summed E-state index contributed by atoms with van der Waals surface area (Å²) in [5.74, 6) is 0.0243. The van der Waals surface area contributed by atoms with Crippen LogP contribution in [0.15, 0.2) is 20.0 Å². The quantitative estimate of drug-likeness (QED) is 0.183. The molecule has 0 spiro atoms. The van der Waals surface area contributed by atoms with Crippen LogP contribution in [0.25, 0.3) is 0 Å². The maximum Gasteiger partial charge on any atom is 0.218 e. The van der Waals surface area contributed by atoms with E-state index in [4.69, 9.17) is 34.4 Å². The molecule has 0 atom stereocenters. The first-order valence-electron chi connectivity index (χ1n) is 3.97. The van der Waals surface area contributed by atoms with Gasteiger partial charge in [-0.1, -0.05) is 0 Å². The second-order valence-electron chi connectivity index (χ2n) is 2.24. The largest absolute Gasteiger partial charge is 0.370 e. The standard InChI is InChI=1S/2C3H9N5/c2*1-7-3(6)8-2(4)5/h2*1H3,(H6,4,5,6,7,8). The van der Waals surface area contributed by atoms with Gasteiger partial charge in [-0.25, -0.2) is 0 Å². The molecule has 10 nitrogen and oxygen atoms in total. The predicted molar refractivity (Wildman–Crippen MR) is 66.7 cm³/mol. The van der Waals surface area contributed by atoms with E-state index in [-0.39, 0.29) is 23.8 Å². The first-order valence-corrected chi connectivity index (χ1v) is 3.97. The van der Waals surface area contributed by atoms with Crippen LogP contribution in [0.3, 0.4) is 0 Å². The molecule has 0 unspecified atom stereocenters. The molecular weight excluding hydrogens is 212 g/mol. The topological polar surface area (TPSA) is 206 Å². The van der Waals surface area contributed by atoms with Crippen LogP contribution >= 0.6 is 0 Å². The van der Waals surface area contributed by atoms with Crippen molar-refractivity contribution in [3.05, 3.63) is 0 Å². The molecule has 16 heavy (non-hydrogen) atoms. The Morgan fingerprint density at radius 1 is 0.625 bits per heavy atom. The lowest BCUT2D eigenvalue weighted by atomic mass is 10.9. The maximum absolute atomic E-state index is 5.08. The van der Waals surface area contributed by atoms with Crippen molar-refractivity contribution in [3.8, 4) is 0 Å².